The molecular weight excluding hydrogens is 285 g/mol. The van der Waals surface area contributed by atoms with E-state index in [0.717, 1.165) is 5.56 Å². The highest BCUT2D eigenvalue weighted by Gasteiger charge is 2.20. The summed E-state index contributed by atoms with van der Waals surface area (Å²) in [5.74, 6) is -0.335. The molecule has 5 heteroatoms. The van der Waals surface area contributed by atoms with Gasteiger partial charge in [0.05, 0.1) is 5.69 Å². The minimum absolute atomic E-state index is 0.335. The second kappa shape index (κ2) is 5.35. The molecule has 21 heavy (non-hydrogen) atoms. The van der Waals surface area contributed by atoms with Gasteiger partial charge in [-0.3, -0.25) is 4.98 Å². The molecule has 0 spiro atoms. The molecule has 3 nitrogen and oxygen atoms in total. The summed E-state index contributed by atoms with van der Waals surface area (Å²) in [5.41, 5.74) is 8.41. The monoisotopic (exact) mass is 295 g/mol. The fourth-order valence-corrected chi connectivity index (χ4v) is 3.23. The summed E-state index contributed by atoms with van der Waals surface area (Å²) < 4.78 is 14.1. The first-order valence-corrected chi connectivity index (χ1v) is 7.01. The molecule has 0 aliphatic carbocycles. The predicted octanol–water partition coefficient (Wildman–Crippen LogP) is 4.07. The molecule has 0 radical (unpaired) electrons. The number of nitrogens with zero attached hydrogens (tertiary/aromatic N) is 2. The number of aromatic nitrogens is 1. The molecule has 0 fully saturated rings. The quantitative estimate of drug-likeness (QED) is 0.775. The van der Waals surface area contributed by atoms with Crippen LogP contribution in [-0.4, -0.2) is 4.98 Å². The number of hydrogen-bond donors (Lipinski definition) is 1. The van der Waals surface area contributed by atoms with Crippen molar-refractivity contribution >= 4 is 17.0 Å². The number of benzene rings is 1. The van der Waals surface area contributed by atoms with E-state index in [1.54, 1.807) is 42.7 Å². The van der Waals surface area contributed by atoms with Crippen molar-refractivity contribution in [3.05, 3.63) is 59.5 Å². The van der Waals surface area contributed by atoms with Crippen LogP contribution < -0.4 is 5.73 Å². The molecule has 0 unspecified atom stereocenters. The third-order valence-corrected chi connectivity index (χ3v) is 4.28. The smallest absolute Gasteiger partial charge is 0.131 e. The summed E-state index contributed by atoms with van der Waals surface area (Å²) in [7, 11) is 0. The second-order valence-corrected chi connectivity index (χ2v) is 5.40. The Hall–Kier alpha value is -2.71. The van der Waals surface area contributed by atoms with E-state index in [2.05, 4.69) is 11.1 Å². The van der Waals surface area contributed by atoms with Crippen molar-refractivity contribution in [1.82, 2.24) is 4.98 Å². The highest BCUT2D eigenvalue weighted by atomic mass is 32.1. The van der Waals surface area contributed by atoms with Crippen molar-refractivity contribution < 1.29 is 4.39 Å². The summed E-state index contributed by atoms with van der Waals surface area (Å²) in [6.45, 7) is 0. The summed E-state index contributed by atoms with van der Waals surface area (Å²) in [5, 5.41) is 9.19. The zero-order valence-corrected chi connectivity index (χ0v) is 11.7. The van der Waals surface area contributed by atoms with Crippen molar-refractivity contribution in [1.29, 1.82) is 5.26 Å². The fourth-order valence-electron chi connectivity index (χ4n) is 2.17. The normalized spacial score (nSPS) is 10.3. The number of thiophene rings is 1. The van der Waals surface area contributed by atoms with Gasteiger partial charge in [0, 0.05) is 28.4 Å². The summed E-state index contributed by atoms with van der Waals surface area (Å²) in [6, 6.07) is 12.1. The molecule has 0 saturated heterocycles. The maximum Gasteiger partial charge on any atom is 0.131 e. The maximum absolute atomic E-state index is 14.1. The molecule has 0 aliphatic heterocycles. The first kappa shape index (κ1) is 13.3. The van der Waals surface area contributed by atoms with Crippen LogP contribution >= 0.6 is 11.3 Å². The Morgan fingerprint density at radius 1 is 1.14 bits per heavy atom. The van der Waals surface area contributed by atoms with Crippen LogP contribution in [0.4, 0.5) is 10.1 Å². The molecule has 0 saturated carbocycles. The van der Waals surface area contributed by atoms with Gasteiger partial charge in [-0.25, -0.2) is 4.39 Å². The number of rotatable bonds is 2. The van der Waals surface area contributed by atoms with Gasteiger partial charge in [-0.15, -0.1) is 11.3 Å². The zero-order chi connectivity index (χ0) is 14.8. The first-order valence-electron chi connectivity index (χ1n) is 6.20. The van der Waals surface area contributed by atoms with Crippen LogP contribution in [0.2, 0.25) is 0 Å². The van der Waals surface area contributed by atoms with Crippen LogP contribution in [0.1, 0.15) is 4.88 Å². The molecule has 0 amide bonds. The summed E-state index contributed by atoms with van der Waals surface area (Å²) >= 11 is 1.20. The van der Waals surface area contributed by atoms with Gasteiger partial charge in [-0.1, -0.05) is 18.2 Å². The Kier molecular flexibility index (Phi) is 3.38. The van der Waals surface area contributed by atoms with Crippen LogP contribution in [0.5, 0.6) is 0 Å². The Morgan fingerprint density at radius 3 is 2.52 bits per heavy atom. The molecule has 1 aromatic carbocycles. The average molecular weight is 295 g/mol. The van der Waals surface area contributed by atoms with E-state index in [1.807, 2.05) is 0 Å². The average Bonchev–Trinajstić information content (AvgIpc) is 2.85. The molecule has 2 heterocycles. The maximum atomic E-state index is 14.1. The zero-order valence-electron chi connectivity index (χ0n) is 10.9. The SMILES string of the molecule is N#Cc1sc(-c2ccccc2F)c(-c2ccncc2)c1N. The molecule has 102 valence electrons. The molecule has 2 aromatic heterocycles. The highest BCUT2D eigenvalue weighted by Crippen LogP contribution is 2.45. The number of nitrogen functional groups attached to an aromatic ring is 1. The molecule has 3 aromatic rings. The van der Waals surface area contributed by atoms with Gasteiger partial charge in [0.1, 0.15) is 16.8 Å². The highest BCUT2D eigenvalue weighted by molar-refractivity contribution is 7.17. The van der Waals surface area contributed by atoms with Gasteiger partial charge in [0.15, 0.2) is 0 Å². The summed E-state index contributed by atoms with van der Waals surface area (Å²) in [6.07, 6.45) is 3.28. The second-order valence-electron chi connectivity index (χ2n) is 4.38. The molecule has 3 rings (SSSR count). The minimum atomic E-state index is -0.335. The van der Waals surface area contributed by atoms with Crippen LogP contribution in [0.3, 0.4) is 0 Å². The van der Waals surface area contributed by atoms with E-state index in [9.17, 15) is 9.65 Å². The Morgan fingerprint density at radius 2 is 1.86 bits per heavy atom. The van der Waals surface area contributed by atoms with Crippen LogP contribution in [-0.2, 0) is 0 Å². The van der Waals surface area contributed by atoms with Gasteiger partial charge < -0.3 is 5.73 Å². The lowest BCUT2D eigenvalue weighted by Gasteiger charge is -2.06. The van der Waals surface area contributed by atoms with Gasteiger partial charge in [0.2, 0.25) is 0 Å². The lowest BCUT2D eigenvalue weighted by Crippen LogP contribution is -1.90. The molecular formula is C16H10FN3S. The number of nitriles is 1. The van der Waals surface area contributed by atoms with Crippen molar-refractivity contribution in [3.8, 4) is 27.6 Å². The van der Waals surface area contributed by atoms with Gasteiger partial charge >= 0.3 is 0 Å². The number of anilines is 1. The topological polar surface area (TPSA) is 62.7 Å². The van der Waals surface area contributed by atoms with Gasteiger partial charge in [-0.2, -0.15) is 5.26 Å². The van der Waals surface area contributed by atoms with Crippen LogP contribution in [0.25, 0.3) is 21.6 Å². The number of hydrogen-bond acceptors (Lipinski definition) is 4. The Labute approximate surface area is 125 Å². The van der Waals surface area contributed by atoms with E-state index < -0.39 is 0 Å². The summed E-state index contributed by atoms with van der Waals surface area (Å²) in [4.78, 5) is 5.02. The van der Waals surface area contributed by atoms with E-state index >= 15 is 0 Å². The number of nitrogens with two attached hydrogens (primary N) is 1. The van der Waals surface area contributed by atoms with Crippen LogP contribution in [0.15, 0.2) is 48.8 Å². The van der Waals surface area contributed by atoms with Crippen molar-refractivity contribution in [2.45, 2.75) is 0 Å². The third-order valence-electron chi connectivity index (χ3n) is 3.13. The van der Waals surface area contributed by atoms with E-state index in [1.165, 1.54) is 17.4 Å². The minimum Gasteiger partial charge on any atom is -0.396 e. The first-order chi connectivity index (χ1) is 10.2. The third kappa shape index (κ3) is 2.26. The molecule has 0 bridgehead atoms. The lowest BCUT2D eigenvalue weighted by atomic mass is 10.0. The number of halogens is 1. The molecule has 0 aliphatic rings. The van der Waals surface area contributed by atoms with Crippen molar-refractivity contribution in [2.75, 3.05) is 5.73 Å². The fraction of sp³-hybridized carbons (Fsp3) is 0. The Bertz CT molecular complexity index is 834. The van der Waals surface area contributed by atoms with Gasteiger partial charge in [0.25, 0.3) is 0 Å². The largest absolute Gasteiger partial charge is 0.396 e. The number of pyridine rings is 1. The van der Waals surface area contributed by atoms with Crippen LogP contribution in [0, 0.1) is 17.1 Å². The predicted molar refractivity (Wildman–Crippen MR) is 82.1 cm³/mol. The van der Waals surface area contributed by atoms with E-state index in [0.29, 0.717) is 26.6 Å². The van der Waals surface area contributed by atoms with Crippen molar-refractivity contribution in [2.24, 2.45) is 0 Å². The molecule has 2 N–H and O–H groups in total. The van der Waals surface area contributed by atoms with Crippen molar-refractivity contribution in [3.63, 3.8) is 0 Å². The lowest BCUT2D eigenvalue weighted by molar-refractivity contribution is 0.632. The van der Waals surface area contributed by atoms with Gasteiger partial charge in [-0.05, 0) is 23.8 Å². The van der Waals surface area contributed by atoms with E-state index in [-0.39, 0.29) is 5.82 Å². The standard InChI is InChI=1S/C16H10FN3S/c17-12-4-2-1-3-11(12)16-14(10-5-7-20-8-6-10)15(19)13(9-18)21-16/h1-8H,19H2. The van der Waals surface area contributed by atoms with E-state index in [4.69, 9.17) is 5.73 Å². The Balaban J connectivity index is 2.32. The molecule has 0 atom stereocenters.